The second-order valence-electron chi connectivity index (χ2n) is 6.93. The first-order valence-corrected chi connectivity index (χ1v) is 7.90. The van der Waals surface area contributed by atoms with E-state index >= 15 is 0 Å². The molecule has 1 amide bonds. The van der Waals surface area contributed by atoms with E-state index in [1.807, 2.05) is 0 Å². The van der Waals surface area contributed by atoms with Crippen molar-refractivity contribution in [1.82, 2.24) is 9.80 Å². The van der Waals surface area contributed by atoms with Crippen LogP contribution < -0.4 is 5.73 Å². The minimum Gasteiger partial charge on any atom is -0.337 e. The highest BCUT2D eigenvalue weighted by Crippen LogP contribution is 2.32. The molecule has 0 aromatic carbocycles. The van der Waals surface area contributed by atoms with E-state index < -0.39 is 0 Å². The fourth-order valence-corrected chi connectivity index (χ4v) is 4.19. The normalized spacial score (nSPS) is 34.5. The van der Waals surface area contributed by atoms with Crippen molar-refractivity contribution in [3.63, 3.8) is 0 Å². The van der Waals surface area contributed by atoms with Gasteiger partial charge in [-0.25, -0.2) is 0 Å². The maximum atomic E-state index is 12.6. The molecule has 0 aromatic heterocycles. The molecule has 2 N–H and O–H groups in total. The van der Waals surface area contributed by atoms with Gasteiger partial charge in [0.1, 0.15) is 0 Å². The van der Waals surface area contributed by atoms with Crippen LogP contribution in [0.15, 0.2) is 0 Å². The zero-order chi connectivity index (χ0) is 13.5. The monoisotopic (exact) mass is 265 g/mol. The van der Waals surface area contributed by atoms with Crippen molar-refractivity contribution in [2.45, 2.75) is 69.5 Å². The number of carbonyl (C=O) groups is 1. The first kappa shape index (κ1) is 13.4. The molecule has 108 valence electrons. The van der Waals surface area contributed by atoms with E-state index in [1.165, 1.54) is 32.2 Å². The lowest BCUT2D eigenvalue weighted by molar-refractivity contribution is -0.138. The SMILES string of the molecule is CC1CN2CCCC2CN1C(=O)CC1(N)CCCC1. The Bertz CT molecular complexity index is 351. The second-order valence-corrected chi connectivity index (χ2v) is 6.93. The summed E-state index contributed by atoms with van der Waals surface area (Å²) in [5, 5.41) is 0. The van der Waals surface area contributed by atoms with Gasteiger partial charge in [0.15, 0.2) is 0 Å². The highest BCUT2D eigenvalue weighted by atomic mass is 16.2. The molecule has 0 aromatic rings. The van der Waals surface area contributed by atoms with Crippen LogP contribution in [0.4, 0.5) is 0 Å². The van der Waals surface area contributed by atoms with Crippen LogP contribution in [0.25, 0.3) is 0 Å². The van der Waals surface area contributed by atoms with E-state index in [0.717, 1.165) is 25.9 Å². The summed E-state index contributed by atoms with van der Waals surface area (Å²) in [6, 6.07) is 0.962. The molecule has 1 saturated carbocycles. The van der Waals surface area contributed by atoms with Crippen LogP contribution in [0.3, 0.4) is 0 Å². The lowest BCUT2D eigenvalue weighted by Gasteiger charge is -2.43. The van der Waals surface area contributed by atoms with Crippen LogP contribution in [-0.4, -0.2) is 53.0 Å². The quantitative estimate of drug-likeness (QED) is 0.820. The second kappa shape index (κ2) is 5.06. The Balaban J connectivity index is 1.62. The van der Waals surface area contributed by atoms with E-state index in [9.17, 15) is 4.79 Å². The number of hydrogen-bond acceptors (Lipinski definition) is 3. The van der Waals surface area contributed by atoms with Crippen molar-refractivity contribution in [2.75, 3.05) is 19.6 Å². The number of nitrogens with zero attached hydrogens (tertiary/aromatic N) is 2. The summed E-state index contributed by atoms with van der Waals surface area (Å²) in [6.45, 7) is 5.38. The summed E-state index contributed by atoms with van der Waals surface area (Å²) in [6.07, 6.45) is 7.53. The molecular formula is C15H27N3O. The molecule has 0 radical (unpaired) electrons. The number of piperazine rings is 1. The lowest BCUT2D eigenvalue weighted by Crippen LogP contribution is -2.58. The van der Waals surface area contributed by atoms with Gasteiger partial charge < -0.3 is 10.6 Å². The summed E-state index contributed by atoms with van der Waals surface area (Å²) in [5.41, 5.74) is 6.16. The third-order valence-corrected chi connectivity index (χ3v) is 5.36. The minimum absolute atomic E-state index is 0.205. The van der Waals surface area contributed by atoms with Crippen molar-refractivity contribution in [3.8, 4) is 0 Å². The molecule has 2 aliphatic heterocycles. The standard InChI is InChI=1S/C15H27N3O/c1-12-10-17-8-4-5-13(17)11-18(12)14(19)9-15(16)6-2-3-7-15/h12-13H,2-11,16H2,1H3. The lowest BCUT2D eigenvalue weighted by atomic mass is 9.93. The first-order chi connectivity index (χ1) is 9.07. The van der Waals surface area contributed by atoms with Crippen LogP contribution in [0.1, 0.15) is 51.9 Å². The van der Waals surface area contributed by atoms with Crippen LogP contribution in [-0.2, 0) is 4.79 Å². The minimum atomic E-state index is -0.205. The van der Waals surface area contributed by atoms with Gasteiger partial charge in [0, 0.05) is 37.1 Å². The van der Waals surface area contributed by atoms with Crippen LogP contribution in [0.2, 0.25) is 0 Å². The molecule has 4 nitrogen and oxygen atoms in total. The van der Waals surface area contributed by atoms with Gasteiger partial charge >= 0.3 is 0 Å². The Kier molecular flexibility index (Phi) is 3.56. The number of carbonyl (C=O) groups excluding carboxylic acids is 1. The van der Waals surface area contributed by atoms with E-state index in [2.05, 4.69) is 16.7 Å². The predicted octanol–water partition coefficient (Wildman–Crippen LogP) is 1.34. The molecule has 0 spiro atoms. The molecule has 0 bridgehead atoms. The summed E-state index contributed by atoms with van der Waals surface area (Å²) < 4.78 is 0. The van der Waals surface area contributed by atoms with E-state index in [1.54, 1.807) is 0 Å². The predicted molar refractivity (Wildman–Crippen MR) is 75.8 cm³/mol. The highest BCUT2D eigenvalue weighted by Gasteiger charge is 2.39. The molecule has 3 fully saturated rings. The van der Waals surface area contributed by atoms with Gasteiger partial charge in [-0.05, 0) is 39.2 Å². The molecule has 2 atom stereocenters. The maximum absolute atomic E-state index is 12.6. The zero-order valence-corrected chi connectivity index (χ0v) is 12.1. The molecule has 3 aliphatic rings. The Morgan fingerprint density at radius 1 is 1.26 bits per heavy atom. The molecule has 1 aliphatic carbocycles. The Hall–Kier alpha value is -0.610. The third-order valence-electron chi connectivity index (χ3n) is 5.36. The van der Waals surface area contributed by atoms with Gasteiger partial charge in [0.2, 0.25) is 5.91 Å². The van der Waals surface area contributed by atoms with E-state index in [0.29, 0.717) is 24.4 Å². The van der Waals surface area contributed by atoms with Gasteiger partial charge in [-0.15, -0.1) is 0 Å². The smallest absolute Gasteiger partial charge is 0.224 e. The van der Waals surface area contributed by atoms with Gasteiger partial charge in [-0.1, -0.05) is 12.8 Å². The topological polar surface area (TPSA) is 49.6 Å². The molecule has 2 saturated heterocycles. The van der Waals surface area contributed by atoms with Crippen LogP contribution >= 0.6 is 0 Å². The Morgan fingerprint density at radius 3 is 2.74 bits per heavy atom. The van der Waals surface area contributed by atoms with Gasteiger partial charge in [0.05, 0.1) is 0 Å². The molecule has 4 heteroatoms. The fraction of sp³-hybridized carbons (Fsp3) is 0.933. The average Bonchev–Trinajstić information content (AvgIpc) is 2.96. The fourth-order valence-electron chi connectivity index (χ4n) is 4.19. The largest absolute Gasteiger partial charge is 0.337 e. The first-order valence-electron chi connectivity index (χ1n) is 7.90. The van der Waals surface area contributed by atoms with Crippen molar-refractivity contribution in [1.29, 1.82) is 0 Å². The van der Waals surface area contributed by atoms with Gasteiger partial charge in [0.25, 0.3) is 0 Å². The third kappa shape index (κ3) is 2.65. The number of fused-ring (bicyclic) bond motifs is 1. The summed E-state index contributed by atoms with van der Waals surface area (Å²) in [4.78, 5) is 17.3. The highest BCUT2D eigenvalue weighted by molar-refractivity contribution is 5.78. The summed E-state index contributed by atoms with van der Waals surface area (Å²) >= 11 is 0. The number of hydrogen-bond donors (Lipinski definition) is 1. The number of amides is 1. The van der Waals surface area contributed by atoms with Crippen molar-refractivity contribution in [2.24, 2.45) is 5.73 Å². The van der Waals surface area contributed by atoms with Crippen molar-refractivity contribution in [3.05, 3.63) is 0 Å². The van der Waals surface area contributed by atoms with Gasteiger partial charge in [-0.3, -0.25) is 9.69 Å². The van der Waals surface area contributed by atoms with Crippen LogP contribution in [0, 0.1) is 0 Å². The average molecular weight is 265 g/mol. The number of rotatable bonds is 2. The molecule has 3 rings (SSSR count). The maximum Gasteiger partial charge on any atom is 0.224 e. The molecule has 2 unspecified atom stereocenters. The summed E-state index contributed by atoms with van der Waals surface area (Å²) in [5.74, 6) is 0.295. The summed E-state index contributed by atoms with van der Waals surface area (Å²) in [7, 11) is 0. The molecular weight excluding hydrogens is 238 g/mol. The van der Waals surface area contributed by atoms with E-state index in [-0.39, 0.29) is 5.54 Å². The van der Waals surface area contributed by atoms with Crippen molar-refractivity contribution < 1.29 is 4.79 Å². The number of nitrogens with two attached hydrogens (primary N) is 1. The Labute approximate surface area is 116 Å². The zero-order valence-electron chi connectivity index (χ0n) is 12.1. The molecule has 2 heterocycles. The van der Waals surface area contributed by atoms with Crippen molar-refractivity contribution >= 4 is 5.91 Å². The molecule has 19 heavy (non-hydrogen) atoms. The van der Waals surface area contributed by atoms with Crippen LogP contribution in [0.5, 0.6) is 0 Å². The Morgan fingerprint density at radius 2 is 2.00 bits per heavy atom. The van der Waals surface area contributed by atoms with Gasteiger partial charge in [-0.2, -0.15) is 0 Å². The van der Waals surface area contributed by atoms with E-state index in [4.69, 9.17) is 5.73 Å².